The summed E-state index contributed by atoms with van der Waals surface area (Å²) in [4.78, 5) is 0. The van der Waals surface area contributed by atoms with Crippen LogP contribution in [0.5, 0.6) is 5.75 Å². The summed E-state index contributed by atoms with van der Waals surface area (Å²) in [5.74, 6) is 0.291. The van der Waals surface area contributed by atoms with Gasteiger partial charge in [-0.05, 0) is 54.8 Å². The van der Waals surface area contributed by atoms with Gasteiger partial charge in [0.1, 0.15) is 5.75 Å². The van der Waals surface area contributed by atoms with Gasteiger partial charge in [0.15, 0.2) is 0 Å². The predicted molar refractivity (Wildman–Crippen MR) is 81.1 cm³/mol. The molecule has 0 spiro atoms. The van der Waals surface area contributed by atoms with Crippen LogP contribution in [-0.4, -0.2) is 5.11 Å². The number of anilines is 2. The standard InChI is InChI=1S/C17H21NO/c1-2-3-4-6-14-7-5-8-16(13-14)18-15-9-11-17(19)12-10-15/h5,7-13,18-19H,2-4,6H2,1H3. The third-order valence-electron chi connectivity index (χ3n) is 3.15. The molecule has 2 aromatic carbocycles. The summed E-state index contributed by atoms with van der Waals surface area (Å²) < 4.78 is 0. The molecule has 0 aromatic heterocycles. The highest BCUT2D eigenvalue weighted by atomic mass is 16.3. The number of aryl methyl sites for hydroxylation is 1. The highest BCUT2D eigenvalue weighted by molar-refractivity contribution is 5.60. The quantitative estimate of drug-likeness (QED) is 0.570. The van der Waals surface area contributed by atoms with Crippen molar-refractivity contribution in [1.82, 2.24) is 0 Å². The van der Waals surface area contributed by atoms with E-state index in [1.54, 1.807) is 12.1 Å². The van der Waals surface area contributed by atoms with E-state index in [-0.39, 0.29) is 0 Å². The summed E-state index contributed by atoms with van der Waals surface area (Å²) in [5.41, 5.74) is 3.46. The van der Waals surface area contributed by atoms with E-state index < -0.39 is 0 Å². The molecule has 0 aliphatic carbocycles. The molecular formula is C17H21NO. The number of aromatic hydroxyl groups is 1. The number of rotatable bonds is 6. The van der Waals surface area contributed by atoms with Crippen LogP contribution in [0.15, 0.2) is 48.5 Å². The molecule has 2 rings (SSSR count). The number of hydrogen-bond donors (Lipinski definition) is 2. The van der Waals surface area contributed by atoms with Gasteiger partial charge >= 0.3 is 0 Å². The van der Waals surface area contributed by atoms with Crippen molar-refractivity contribution in [3.8, 4) is 5.75 Å². The van der Waals surface area contributed by atoms with Crippen LogP contribution >= 0.6 is 0 Å². The monoisotopic (exact) mass is 255 g/mol. The number of benzene rings is 2. The highest BCUT2D eigenvalue weighted by Crippen LogP contribution is 2.20. The zero-order valence-electron chi connectivity index (χ0n) is 11.4. The van der Waals surface area contributed by atoms with E-state index in [0.717, 1.165) is 17.8 Å². The van der Waals surface area contributed by atoms with Gasteiger partial charge < -0.3 is 10.4 Å². The average molecular weight is 255 g/mol. The third-order valence-corrected chi connectivity index (χ3v) is 3.15. The Bertz CT molecular complexity index is 505. The largest absolute Gasteiger partial charge is 0.508 e. The minimum absolute atomic E-state index is 0.291. The molecule has 0 saturated carbocycles. The predicted octanol–water partition coefficient (Wildman–Crippen LogP) is 4.87. The molecule has 2 N–H and O–H groups in total. The molecule has 0 amide bonds. The summed E-state index contributed by atoms with van der Waals surface area (Å²) in [6.45, 7) is 2.22. The minimum atomic E-state index is 0.291. The van der Waals surface area contributed by atoms with Gasteiger partial charge in [-0.15, -0.1) is 0 Å². The van der Waals surface area contributed by atoms with E-state index in [4.69, 9.17) is 0 Å². The Labute approximate surface area is 115 Å². The first kappa shape index (κ1) is 13.5. The van der Waals surface area contributed by atoms with Gasteiger partial charge in [0.05, 0.1) is 0 Å². The first-order chi connectivity index (χ1) is 9.28. The second-order valence-corrected chi connectivity index (χ2v) is 4.83. The maximum absolute atomic E-state index is 9.26. The molecule has 0 aliphatic heterocycles. The molecule has 19 heavy (non-hydrogen) atoms. The van der Waals surface area contributed by atoms with Crippen LogP contribution in [0.4, 0.5) is 11.4 Å². The molecule has 2 heteroatoms. The molecule has 0 fully saturated rings. The number of unbranched alkanes of at least 4 members (excludes halogenated alkanes) is 2. The van der Waals surface area contributed by atoms with E-state index in [0.29, 0.717) is 5.75 Å². The van der Waals surface area contributed by atoms with Crippen molar-refractivity contribution in [3.63, 3.8) is 0 Å². The first-order valence-corrected chi connectivity index (χ1v) is 6.93. The third kappa shape index (κ3) is 4.32. The summed E-state index contributed by atoms with van der Waals surface area (Å²) >= 11 is 0. The number of nitrogens with one attached hydrogen (secondary N) is 1. The van der Waals surface area contributed by atoms with Crippen molar-refractivity contribution in [1.29, 1.82) is 0 Å². The molecule has 0 atom stereocenters. The van der Waals surface area contributed by atoms with Gasteiger partial charge in [0, 0.05) is 11.4 Å². The average Bonchev–Trinajstić information content (AvgIpc) is 2.42. The normalized spacial score (nSPS) is 10.4. The van der Waals surface area contributed by atoms with Crippen LogP contribution in [0, 0.1) is 0 Å². The second-order valence-electron chi connectivity index (χ2n) is 4.83. The fourth-order valence-corrected chi connectivity index (χ4v) is 2.10. The minimum Gasteiger partial charge on any atom is -0.508 e. The Morgan fingerprint density at radius 2 is 1.74 bits per heavy atom. The molecule has 0 aliphatic rings. The Morgan fingerprint density at radius 1 is 0.947 bits per heavy atom. The number of phenols is 1. The van der Waals surface area contributed by atoms with Crippen molar-refractivity contribution in [2.45, 2.75) is 32.6 Å². The van der Waals surface area contributed by atoms with Crippen molar-refractivity contribution < 1.29 is 5.11 Å². The van der Waals surface area contributed by atoms with Gasteiger partial charge in [0.2, 0.25) is 0 Å². The van der Waals surface area contributed by atoms with E-state index >= 15 is 0 Å². The maximum Gasteiger partial charge on any atom is 0.115 e. The summed E-state index contributed by atoms with van der Waals surface area (Å²) in [6, 6.07) is 15.7. The Kier molecular flexibility index (Phi) is 4.85. The summed E-state index contributed by atoms with van der Waals surface area (Å²) in [7, 11) is 0. The van der Waals surface area contributed by atoms with Crippen LogP contribution in [0.2, 0.25) is 0 Å². The molecular weight excluding hydrogens is 234 g/mol. The van der Waals surface area contributed by atoms with E-state index in [1.165, 1.54) is 24.8 Å². The molecule has 2 nitrogen and oxygen atoms in total. The second kappa shape index (κ2) is 6.83. The molecule has 0 saturated heterocycles. The maximum atomic E-state index is 9.26. The summed E-state index contributed by atoms with van der Waals surface area (Å²) in [6.07, 6.45) is 4.93. The zero-order valence-corrected chi connectivity index (χ0v) is 11.4. The van der Waals surface area contributed by atoms with Crippen LogP contribution in [0.25, 0.3) is 0 Å². The van der Waals surface area contributed by atoms with Gasteiger partial charge in [-0.25, -0.2) is 0 Å². The van der Waals surface area contributed by atoms with E-state index in [9.17, 15) is 5.11 Å². The smallest absolute Gasteiger partial charge is 0.115 e. The van der Waals surface area contributed by atoms with Crippen LogP contribution < -0.4 is 5.32 Å². The SMILES string of the molecule is CCCCCc1cccc(Nc2ccc(O)cc2)c1. The fourth-order valence-electron chi connectivity index (χ4n) is 2.10. The number of phenolic OH excluding ortho intramolecular Hbond substituents is 1. The van der Waals surface area contributed by atoms with Crippen LogP contribution in [-0.2, 0) is 6.42 Å². The first-order valence-electron chi connectivity index (χ1n) is 6.93. The van der Waals surface area contributed by atoms with Crippen molar-refractivity contribution in [2.75, 3.05) is 5.32 Å². The van der Waals surface area contributed by atoms with Crippen LogP contribution in [0.3, 0.4) is 0 Å². The van der Waals surface area contributed by atoms with E-state index in [2.05, 4.69) is 36.5 Å². The number of hydrogen-bond acceptors (Lipinski definition) is 2. The molecule has 2 aromatic rings. The van der Waals surface area contributed by atoms with Gasteiger partial charge in [-0.3, -0.25) is 0 Å². The van der Waals surface area contributed by atoms with Crippen molar-refractivity contribution >= 4 is 11.4 Å². The van der Waals surface area contributed by atoms with Gasteiger partial charge in [0.25, 0.3) is 0 Å². The highest BCUT2D eigenvalue weighted by Gasteiger charge is 1.98. The lowest BCUT2D eigenvalue weighted by atomic mass is 10.1. The molecule has 0 heterocycles. The van der Waals surface area contributed by atoms with Crippen LogP contribution in [0.1, 0.15) is 31.7 Å². The van der Waals surface area contributed by atoms with Crippen molar-refractivity contribution in [3.05, 3.63) is 54.1 Å². The molecule has 100 valence electrons. The Morgan fingerprint density at radius 3 is 2.47 bits per heavy atom. The lowest BCUT2D eigenvalue weighted by molar-refractivity contribution is 0.475. The Hall–Kier alpha value is -1.96. The van der Waals surface area contributed by atoms with Gasteiger partial charge in [-0.2, -0.15) is 0 Å². The lowest BCUT2D eigenvalue weighted by Gasteiger charge is -2.08. The summed E-state index contributed by atoms with van der Waals surface area (Å²) in [5, 5.41) is 12.6. The molecule has 0 radical (unpaired) electrons. The van der Waals surface area contributed by atoms with Crippen molar-refractivity contribution in [2.24, 2.45) is 0 Å². The molecule has 0 unspecified atom stereocenters. The fraction of sp³-hybridized carbons (Fsp3) is 0.294. The molecule has 0 bridgehead atoms. The lowest BCUT2D eigenvalue weighted by Crippen LogP contribution is -1.92. The Balaban J connectivity index is 2.00. The van der Waals surface area contributed by atoms with Gasteiger partial charge in [-0.1, -0.05) is 31.9 Å². The zero-order chi connectivity index (χ0) is 13.5. The van der Waals surface area contributed by atoms with E-state index in [1.807, 2.05) is 12.1 Å². The topological polar surface area (TPSA) is 32.3 Å².